The molecule has 10 heteroatoms. The topological polar surface area (TPSA) is 137 Å². The molecule has 2 atom stereocenters. The number of esters is 2. The first-order chi connectivity index (χ1) is 24.8. The van der Waals surface area contributed by atoms with Gasteiger partial charge in [-0.1, -0.05) is 152 Å². The zero-order valence-electron chi connectivity index (χ0n) is 32.3. The van der Waals surface area contributed by atoms with Crippen LogP contribution in [0.25, 0.3) is 0 Å². The summed E-state index contributed by atoms with van der Waals surface area (Å²) in [4.78, 5) is 36.8. The van der Waals surface area contributed by atoms with Gasteiger partial charge in [-0.25, -0.2) is 0 Å². The third kappa shape index (κ3) is 37.5. The number of unbranched alkanes of at least 4 members (excludes halogenated alkanes) is 16. The van der Waals surface area contributed by atoms with E-state index in [0.29, 0.717) is 12.8 Å². The number of allylic oxidation sites excluding steroid dienone is 8. The monoisotopic (exact) mass is 739 g/mol. The van der Waals surface area contributed by atoms with E-state index in [2.05, 4.69) is 60.9 Å². The molecular formula is C41H73NO8P-. The Hall–Kier alpha value is -2.03. The van der Waals surface area contributed by atoms with Crippen molar-refractivity contribution in [2.75, 3.05) is 26.4 Å². The summed E-state index contributed by atoms with van der Waals surface area (Å²) in [7, 11) is -4.64. The number of ether oxygens (including phenoxy) is 2. The van der Waals surface area contributed by atoms with Gasteiger partial charge in [-0.05, 0) is 51.4 Å². The van der Waals surface area contributed by atoms with Crippen molar-refractivity contribution in [2.24, 2.45) is 5.73 Å². The highest BCUT2D eigenvalue weighted by Crippen LogP contribution is 2.38. The number of hydrogen-bond acceptors (Lipinski definition) is 9. The van der Waals surface area contributed by atoms with E-state index in [9.17, 15) is 19.0 Å². The summed E-state index contributed by atoms with van der Waals surface area (Å²) in [5, 5.41) is 0. The van der Waals surface area contributed by atoms with E-state index in [0.717, 1.165) is 38.5 Å². The number of carbonyl (C=O) groups is 2. The molecule has 51 heavy (non-hydrogen) atoms. The van der Waals surface area contributed by atoms with Crippen LogP contribution in [-0.4, -0.2) is 44.4 Å². The first-order valence-corrected chi connectivity index (χ1v) is 21.6. The third-order valence-corrected chi connectivity index (χ3v) is 9.17. The van der Waals surface area contributed by atoms with E-state index < -0.39 is 32.5 Å². The zero-order valence-corrected chi connectivity index (χ0v) is 33.2. The maximum atomic E-state index is 12.5. The summed E-state index contributed by atoms with van der Waals surface area (Å²) < 4.78 is 32.2. The van der Waals surface area contributed by atoms with Crippen LogP contribution in [-0.2, 0) is 32.7 Å². The summed E-state index contributed by atoms with van der Waals surface area (Å²) in [5.41, 5.74) is 5.30. The van der Waals surface area contributed by atoms with Crippen LogP contribution in [0.3, 0.4) is 0 Å². The maximum Gasteiger partial charge on any atom is 0.306 e. The number of phosphoric acid groups is 1. The molecule has 0 aliphatic rings. The minimum absolute atomic E-state index is 0.00422. The van der Waals surface area contributed by atoms with E-state index in [4.69, 9.17) is 19.7 Å². The molecule has 0 aromatic heterocycles. The van der Waals surface area contributed by atoms with Gasteiger partial charge < -0.3 is 29.1 Å². The molecular weight excluding hydrogens is 665 g/mol. The molecule has 0 aromatic rings. The number of carbonyl (C=O) groups excluding carboxylic acids is 2. The molecule has 0 aromatic carbocycles. The number of nitrogens with two attached hydrogens (primary N) is 1. The largest absolute Gasteiger partial charge is 0.756 e. The molecule has 9 nitrogen and oxygen atoms in total. The van der Waals surface area contributed by atoms with Crippen molar-refractivity contribution in [3.05, 3.63) is 48.6 Å². The van der Waals surface area contributed by atoms with Crippen LogP contribution < -0.4 is 10.6 Å². The molecule has 2 N–H and O–H groups in total. The quantitative estimate of drug-likeness (QED) is 0.0286. The fourth-order valence-corrected chi connectivity index (χ4v) is 5.96. The highest BCUT2D eigenvalue weighted by atomic mass is 31.2. The number of phosphoric ester groups is 1. The Labute approximate surface area is 311 Å². The molecule has 0 aliphatic heterocycles. The van der Waals surface area contributed by atoms with Crippen LogP contribution in [0.15, 0.2) is 48.6 Å². The van der Waals surface area contributed by atoms with Gasteiger partial charge in [0.25, 0.3) is 7.82 Å². The van der Waals surface area contributed by atoms with E-state index in [1.54, 1.807) is 0 Å². The molecule has 296 valence electrons. The summed E-state index contributed by atoms with van der Waals surface area (Å²) in [6.45, 7) is 3.43. The summed E-state index contributed by atoms with van der Waals surface area (Å²) >= 11 is 0. The smallest absolute Gasteiger partial charge is 0.306 e. The van der Waals surface area contributed by atoms with E-state index in [1.807, 2.05) is 6.08 Å². The van der Waals surface area contributed by atoms with Gasteiger partial charge in [0.15, 0.2) is 6.10 Å². The number of hydrogen-bond donors (Lipinski definition) is 1. The van der Waals surface area contributed by atoms with E-state index >= 15 is 0 Å². The van der Waals surface area contributed by atoms with Crippen LogP contribution in [0.2, 0.25) is 0 Å². The van der Waals surface area contributed by atoms with Gasteiger partial charge in [0.2, 0.25) is 0 Å². The van der Waals surface area contributed by atoms with Gasteiger partial charge in [0.05, 0.1) is 13.2 Å². The van der Waals surface area contributed by atoms with Gasteiger partial charge in [0.1, 0.15) is 6.61 Å². The Kier molecular flexibility index (Phi) is 36.2. The Bertz CT molecular complexity index is 981. The van der Waals surface area contributed by atoms with Crippen molar-refractivity contribution in [1.29, 1.82) is 0 Å². The lowest BCUT2D eigenvalue weighted by atomic mass is 10.0. The lowest BCUT2D eigenvalue weighted by Crippen LogP contribution is -2.30. The lowest BCUT2D eigenvalue weighted by Gasteiger charge is -2.25. The second-order valence-corrected chi connectivity index (χ2v) is 14.5. The minimum atomic E-state index is -4.64. The Balaban J connectivity index is 4.30. The second-order valence-electron chi connectivity index (χ2n) is 13.1. The van der Waals surface area contributed by atoms with Gasteiger partial charge in [0, 0.05) is 19.4 Å². The Morgan fingerprint density at radius 1 is 0.588 bits per heavy atom. The normalized spacial score (nSPS) is 13.9. The van der Waals surface area contributed by atoms with Gasteiger partial charge >= 0.3 is 11.9 Å². The zero-order chi connectivity index (χ0) is 37.5. The minimum Gasteiger partial charge on any atom is -0.756 e. The SMILES string of the molecule is CCCCC/C=C\C/C=C\C/C=C\C/C=C\CCCC(=O)O[C@H](COC(=O)CCCCCCCCCCCCCCC)COP(=O)([O-])OCCN. The van der Waals surface area contributed by atoms with E-state index in [-0.39, 0.29) is 32.6 Å². The Morgan fingerprint density at radius 3 is 1.57 bits per heavy atom. The molecule has 0 saturated heterocycles. The van der Waals surface area contributed by atoms with E-state index in [1.165, 1.54) is 89.9 Å². The molecule has 0 rings (SSSR count). The maximum absolute atomic E-state index is 12.5. The molecule has 0 spiro atoms. The van der Waals surface area contributed by atoms with Crippen LogP contribution in [0.1, 0.15) is 168 Å². The predicted octanol–water partition coefficient (Wildman–Crippen LogP) is 10.5. The first-order valence-electron chi connectivity index (χ1n) is 20.1. The molecule has 0 saturated carbocycles. The van der Waals surface area contributed by atoms with Crippen LogP contribution >= 0.6 is 7.82 Å². The molecule has 1 unspecified atom stereocenters. The average molecular weight is 739 g/mol. The fourth-order valence-electron chi connectivity index (χ4n) is 5.21. The van der Waals surface area contributed by atoms with Gasteiger partial charge in [-0.15, -0.1) is 0 Å². The van der Waals surface area contributed by atoms with Crippen molar-refractivity contribution in [1.82, 2.24) is 0 Å². The molecule has 0 amide bonds. The average Bonchev–Trinajstić information content (AvgIpc) is 3.11. The fraction of sp³-hybridized carbons (Fsp3) is 0.756. The van der Waals surface area contributed by atoms with Crippen molar-refractivity contribution in [2.45, 2.75) is 174 Å². The summed E-state index contributed by atoms with van der Waals surface area (Å²) in [6, 6.07) is 0. The summed E-state index contributed by atoms with van der Waals surface area (Å²) in [6.07, 6.45) is 41.2. The standard InChI is InChI=1S/C41H74NO8P/c1-3-5-7-9-11-13-15-17-18-19-20-22-24-26-28-30-32-34-41(44)50-39(38-49-51(45,46)48-36-35-42)37-47-40(43)33-31-29-27-25-23-21-16-14-12-10-8-6-4-2/h11,13,17-18,20,22,26,28,39H,3-10,12,14-16,19,21,23-25,27,29-38,42H2,1-2H3,(H,45,46)/p-1/b13-11-,18-17-,22-20-,28-26-/t39-/m1/s1. The van der Waals surface area contributed by atoms with Gasteiger partial charge in [-0.3, -0.25) is 14.2 Å². The molecule has 0 bridgehead atoms. The third-order valence-electron chi connectivity index (χ3n) is 8.21. The lowest BCUT2D eigenvalue weighted by molar-refractivity contribution is -0.228. The highest BCUT2D eigenvalue weighted by Gasteiger charge is 2.20. The molecule has 0 aliphatic carbocycles. The molecule has 0 fully saturated rings. The molecule has 0 heterocycles. The van der Waals surface area contributed by atoms with Crippen molar-refractivity contribution in [3.8, 4) is 0 Å². The predicted molar refractivity (Wildman–Crippen MR) is 208 cm³/mol. The van der Waals surface area contributed by atoms with Crippen molar-refractivity contribution in [3.63, 3.8) is 0 Å². The van der Waals surface area contributed by atoms with Crippen molar-refractivity contribution < 1.29 is 37.6 Å². The van der Waals surface area contributed by atoms with Crippen LogP contribution in [0, 0.1) is 0 Å². The second kappa shape index (κ2) is 37.7. The van der Waals surface area contributed by atoms with Crippen molar-refractivity contribution >= 4 is 19.8 Å². The number of rotatable bonds is 37. The van der Waals surface area contributed by atoms with Gasteiger partial charge in [-0.2, -0.15) is 0 Å². The highest BCUT2D eigenvalue weighted by molar-refractivity contribution is 7.45. The van der Waals surface area contributed by atoms with Crippen LogP contribution in [0.4, 0.5) is 0 Å². The molecule has 0 radical (unpaired) electrons. The summed E-state index contributed by atoms with van der Waals surface area (Å²) in [5.74, 6) is -0.931. The van der Waals surface area contributed by atoms with Crippen LogP contribution in [0.5, 0.6) is 0 Å². The first kappa shape index (κ1) is 49.0. The Morgan fingerprint density at radius 2 is 1.04 bits per heavy atom.